The number of carbonyl (C=O) groups excluding carboxylic acids is 1. The van der Waals surface area contributed by atoms with Gasteiger partial charge in [-0.25, -0.2) is 0 Å². The Hall–Kier alpha value is -1.60. The number of carbonyl (C=O) groups is 1. The van der Waals surface area contributed by atoms with Crippen LogP contribution in [0.15, 0.2) is 24.3 Å². The van der Waals surface area contributed by atoms with Crippen molar-refractivity contribution < 1.29 is 18.0 Å². The summed E-state index contributed by atoms with van der Waals surface area (Å²) in [5, 5.41) is 0. The maximum atomic E-state index is 12.7. The van der Waals surface area contributed by atoms with Gasteiger partial charge in [-0.3, -0.25) is 9.69 Å². The molecule has 2 unspecified atom stereocenters. The third-order valence-corrected chi connectivity index (χ3v) is 6.34. The van der Waals surface area contributed by atoms with Crippen molar-refractivity contribution in [2.45, 2.75) is 57.4 Å². The van der Waals surface area contributed by atoms with E-state index in [-0.39, 0.29) is 11.9 Å². The molecule has 156 valence electrons. The number of rotatable bonds is 6. The lowest BCUT2D eigenvalue weighted by Gasteiger charge is -2.31. The van der Waals surface area contributed by atoms with Crippen LogP contribution in [0, 0.1) is 11.8 Å². The van der Waals surface area contributed by atoms with Gasteiger partial charge in [0.25, 0.3) is 0 Å². The SMILES string of the molecule is CCC[C@H](N)C(=O)N(C)C1CC[C@H]2CN(Cc3ccc(C(F)(F)F)cc3)CC12. The smallest absolute Gasteiger partial charge is 0.341 e. The zero-order valence-corrected chi connectivity index (χ0v) is 16.6. The average molecular weight is 397 g/mol. The highest BCUT2D eigenvalue weighted by atomic mass is 19.4. The molecule has 0 aromatic heterocycles. The highest BCUT2D eigenvalue weighted by Crippen LogP contribution is 2.41. The molecule has 0 bridgehead atoms. The fourth-order valence-corrected chi connectivity index (χ4v) is 4.86. The standard InChI is InChI=1S/C21H30F3N3O/c1-3-4-18(25)20(28)26(2)19-10-7-15-12-27(13-17(15)19)11-14-5-8-16(9-6-14)21(22,23)24/h5-6,8-9,15,17-19H,3-4,7,10-13,25H2,1-2H3/t15-,17?,18-,19?/m0/s1. The molecule has 1 aliphatic heterocycles. The molecule has 2 N–H and O–H groups in total. The van der Waals surface area contributed by atoms with Gasteiger partial charge in [-0.15, -0.1) is 0 Å². The Kier molecular flexibility index (Phi) is 6.34. The Morgan fingerprint density at radius 1 is 1.25 bits per heavy atom. The minimum absolute atomic E-state index is 0.0219. The molecule has 4 atom stereocenters. The molecule has 4 nitrogen and oxygen atoms in total. The number of alkyl halides is 3. The van der Waals surface area contributed by atoms with Crippen LogP contribution in [0.3, 0.4) is 0 Å². The van der Waals surface area contributed by atoms with Crippen molar-refractivity contribution in [3.8, 4) is 0 Å². The summed E-state index contributed by atoms with van der Waals surface area (Å²) in [6.45, 7) is 4.47. The molecule has 1 heterocycles. The van der Waals surface area contributed by atoms with Crippen molar-refractivity contribution >= 4 is 5.91 Å². The molecule has 3 rings (SSSR count). The summed E-state index contributed by atoms with van der Waals surface area (Å²) in [5.41, 5.74) is 6.30. The van der Waals surface area contributed by atoms with Crippen molar-refractivity contribution in [2.75, 3.05) is 20.1 Å². The number of fused-ring (bicyclic) bond motifs is 1. The second kappa shape index (κ2) is 8.41. The highest BCUT2D eigenvalue weighted by molar-refractivity contribution is 5.81. The fourth-order valence-electron chi connectivity index (χ4n) is 4.86. The van der Waals surface area contributed by atoms with E-state index in [1.165, 1.54) is 0 Å². The first-order valence-electron chi connectivity index (χ1n) is 10.1. The Morgan fingerprint density at radius 3 is 2.54 bits per heavy atom. The summed E-state index contributed by atoms with van der Waals surface area (Å²) in [7, 11) is 1.86. The first kappa shape index (κ1) is 21.1. The predicted octanol–water partition coefficient (Wildman–Crippen LogP) is 3.50. The Morgan fingerprint density at radius 2 is 1.93 bits per heavy atom. The van der Waals surface area contributed by atoms with Gasteiger partial charge < -0.3 is 10.6 Å². The van der Waals surface area contributed by atoms with Gasteiger partial charge in [0, 0.05) is 32.7 Å². The molecule has 2 aliphatic rings. The number of amides is 1. The summed E-state index contributed by atoms with van der Waals surface area (Å²) in [6.07, 6.45) is -0.626. The van der Waals surface area contributed by atoms with E-state index in [1.807, 2.05) is 18.9 Å². The molecule has 2 fully saturated rings. The monoisotopic (exact) mass is 397 g/mol. The maximum absolute atomic E-state index is 12.7. The molecule has 1 amide bonds. The lowest BCUT2D eigenvalue weighted by atomic mass is 9.96. The van der Waals surface area contributed by atoms with Gasteiger partial charge in [0.05, 0.1) is 11.6 Å². The van der Waals surface area contributed by atoms with Crippen LogP contribution in [0.1, 0.15) is 43.7 Å². The molecular weight excluding hydrogens is 367 g/mol. The third-order valence-electron chi connectivity index (χ3n) is 6.34. The largest absolute Gasteiger partial charge is 0.416 e. The first-order valence-corrected chi connectivity index (χ1v) is 10.1. The molecular formula is C21H30F3N3O. The zero-order valence-electron chi connectivity index (χ0n) is 16.6. The first-order chi connectivity index (χ1) is 13.2. The second-order valence-electron chi connectivity index (χ2n) is 8.30. The van der Waals surface area contributed by atoms with Gasteiger partial charge in [-0.1, -0.05) is 25.5 Å². The van der Waals surface area contributed by atoms with Crippen LogP contribution in [-0.4, -0.2) is 47.9 Å². The van der Waals surface area contributed by atoms with Crippen molar-refractivity contribution in [1.82, 2.24) is 9.80 Å². The Bertz CT molecular complexity index is 676. The van der Waals surface area contributed by atoms with E-state index in [0.717, 1.165) is 50.0 Å². The van der Waals surface area contributed by atoms with E-state index < -0.39 is 17.8 Å². The van der Waals surface area contributed by atoms with Gasteiger partial charge in [-0.05, 0) is 48.8 Å². The molecule has 1 saturated heterocycles. The van der Waals surface area contributed by atoms with Crippen LogP contribution < -0.4 is 5.73 Å². The van der Waals surface area contributed by atoms with E-state index >= 15 is 0 Å². The number of hydrogen-bond acceptors (Lipinski definition) is 3. The van der Waals surface area contributed by atoms with Crippen LogP contribution in [0.5, 0.6) is 0 Å². The number of hydrogen-bond donors (Lipinski definition) is 1. The van der Waals surface area contributed by atoms with E-state index in [2.05, 4.69) is 4.90 Å². The van der Waals surface area contributed by atoms with Crippen LogP contribution in [-0.2, 0) is 17.5 Å². The number of likely N-dealkylation sites (N-methyl/N-ethyl adjacent to an activating group) is 1. The van der Waals surface area contributed by atoms with Crippen LogP contribution in [0.4, 0.5) is 13.2 Å². The van der Waals surface area contributed by atoms with E-state index in [9.17, 15) is 18.0 Å². The van der Waals surface area contributed by atoms with E-state index in [1.54, 1.807) is 12.1 Å². The van der Waals surface area contributed by atoms with Gasteiger partial charge >= 0.3 is 6.18 Å². The van der Waals surface area contributed by atoms with Gasteiger partial charge in [-0.2, -0.15) is 13.2 Å². The maximum Gasteiger partial charge on any atom is 0.416 e. The molecule has 1 saturated carbocycles. The topological polar surface area (TPSA) is 49.6 Å². The van der Waals surface area contributed by atoms with Crippen molar-refractivity contribution in [3.63, 3.8) is 0 Å². The highest BCUT2D eigenvalue weighted by Gasteiger charge is 2.45. The molecule has 0 radical (unpaired) electrons. The van der Waals surface area contributed by atoms with Crippen molar-refractivity contribution in [1.29, 1.82) is 0 Å². The molecule has 7 heteroatoms. The fraction of sp³-hybridized carbons (Fsp3) is 0.667. The Balaban J connectivity index is 1.59. The van der Waals surface area contributed by atoms with Crippen LogP contribution >= 0.6 is 0 Å². The van der Waals surface area contributed by atoms with Gasteiger partial charge in [0.2, 0.25) is 5.91 Å². The number of benzene rings is 1. The minimum Gasteiger partial charge on any atom is -0.341 e. The number of nitrogens with two attached hydrogens (primary N) is 1. The summed E-state index contributed by atoms with van der Waals surface area (Å²) in [6, 6.07) is 5.20. The summed E-state index contributed by atoms with van der Waals surface area (Å²) < 4.78 is 38.2. The van der Waals surface area contributed by atoms with Crippen molar-refractivity contribution in [3.05, 3.63) is 35.4 Å². The zero-order chi connectivity index (χ0) is 20.5. The number of nitrogens with zero attached hydrogens (tertiary/aromatic N) is 2. The third kappa shape index (κ3) is 4.51. The lowest BCUT2D eigenvalue weighted by molar-refractivity contribution is -0.137. The van der Waals surface area contributed by atoms with Crippen LogP contribution in [0.2, 0.25) is 0 Å². The number of likely N-dealkylation sites (tertiary alicyclic amines) is 1. The summed E-state index contributed by atoms with van der Waals surface area (Å²) in [5.74, 6) is 0.975. The molecule has 1 aliphatic carbocycles. The van der Waals surface area contributed by atoms with E-state index in [0.29, 0.717) is 24.8 Å². The van der Waals surface area contributed by atoms with Crippen molar-refractivity contribution in [2.24, 2.45) is 17.6 Å². The summed E-state index contributed by atoms with van der Waals surface area (Å²) in [4.78, 5) is 16.7. The van der Waals surface area contributed by atoms with E-state index in [4.69, 9.17) is 5.73 Å². The molecule has 1 aromatic carbocycles. The minimum atomic E-state index is -4.30. The second-order valence-corrected chi connectivity index (χ2v) is 8.30. The lowest BCUT2D eigenvalue weighted by Crippen LogP contribution is -2.48. The molecule has 28 heavy (non-hydrogen) atoms. The number of halogens is 3. The summed E-state index contributed by atoms with van der Waals surface area (Å²) >= 11 is 0. The predicted molar refractivity (Wildman–Crippen MR) is 102 cm³/mol. The molecule has 0 spiro atoms. The van der Waals surface area contributed by atoms with Gasteiger partial charge in [0.15, 0.2) is 0 Å². The Labute approximate surface area is 164 Å². The normalized spacial score (nSPS) is 26.3. The van der Waals surface area contributed by atoms with Gasteiger partial charge in [0.1, 0.15) is 0 Å². The quantitative estimate of drug-likeness (QED) is 0.799. The average Bonchev–Trinajstić information content (AvgIpc) is 3.20. The van der Waals surface area contributed by atoms with Crippen LogP contribution in [0.25, 0.3) is 0 Å². The molecule has 1 aromatic rings.